The molecule has 0 amide bonds. The first-order valence-electron chi connectivity index (χ1n) is 13.5. The summed E-state index contributed by atoms with van der Waals surface area (Å²) in [6.45, 7) is 10.2. The Bertz CT molecular complexity index is 681. The van der Waals surface area contributed by atoms with E-state index in [4.69, 9.17) is 53.1 Å². The van der Waals surface area contributed by atoms with Crippen molar-refractivity contribution >= 4 is 11.7 Å². The van der Waals surface area contributed by atoms with Crippen LogP contribution >= 0.6 is 0 Å². The van der Waals surface area contributed by atoms with Crippen LogP contribution < -0.4 is 10.5 Å². The second-order valence-corrected chi connectivity index (χ2v) is 7.84. The summed E-state index contributed by atoms with van der Waals surface area (Å²) in [4.78, 5) is 11.1. The molecule has 0 aliphatic rings. The highest BCUT2D eigenvalue weighted by atomic mass is 16.6. The molecule has 0 aliphatic carbocycles. The van der Waals surface area contributed by atoms with E-state index in [1.54, 1.807) is 13.0 Å². The van der Waals surface area contributed by atoms with Crippen LogP contribution in [0.3, 0.4) is 0 Å². The summed E-state index contributed by atoms with van der Waals surface area (Å²) in [7, 11) is 0. The smallest absolute Gasteiger partial charge is 0.308 e. The maximum atomic E-state index is 11.1. The lowest BCUT2D eigenvalue weighted by Gasteiger charge is -2.09. The van der Waals surface area contributed by atoms with E-state index >= 15 is 0 Å². The number of nitrogens with two attached hydrogens (primary N) is 1. The van der Waals surface area contributed by atoms with Gasteiger partial charge >= 0.3 is 5.97 Å². The summed E-state index contributed by atoms with van der Waals surface area (Å²) in [6.07, 6.45) is 0.257. The molecule has 226 valence electrons. The standard InChI is InChI=1S/C27H47NO11/c1-2-38-27(29)7-8-30-9-10-31-11-12-32-13-14-33-15-16-34-17-18-35-19-20-36-21-22-37-23-24-39-26-6-4-3-5-25(26)28/h3-6H,2,7-24,28H2,1H3. The van der Waals surface area contributed by atoms with E-state index in [-0.39, 0.29) is 12.4 Å². The largest absolute Gasteiger partial charge is 0.489 e. The number of para-hydroxylation sites is 2. The van der Waals surface area contributed by atoms with Crippen molar-refractivity contribution in [3.05, 3.63) is 24.3 Å². The van der Waals surface area contributed by atoms with E-state index in [0.29, 0.717) is 130 Å². The SMILES string of the molecule is CCOC(=O)CCOCCOCCOCCOCCOCCOCCOCCOCCOc1ccccc1N. The summed E-state index contributed by atoms with van der Waals surface area (Å²) in [5, 5.41) is 0. The molecule has 1 rings (SSSR count). The van der Waals surface area contributed by atoms with Crippen LogP contribution in [0.1, 0.15) is 13.3 Å². The third-order valence-electron chi connectivity index (χ3n) is 4.76. The molecule has 0 unspecified atom stereocenters. The third kappa shape index (κ3) is 23.6. The molecule has 2 N–H and O–H groups in total. The molecule has 0 saturated carbocycles. The lowest BCUT2D eigenvalue weighted by Crippen LogP contribution is -2.15. The Balaban J connectivity index is 1.66. The molecule has 0 spiro atoms. The summed E-state index contributed by atoms with van der Waals surface area (Å²) in [5.41, 5.74) is 6.42. The minimum Gasteiger partial charge on any atom is -0.489 e. The molecule has 0 saturated heterocycles. The molecule has 0 fully saturated rings. The van der Waals surface area contributed by atoms with Crippen molar-refractivity contribution in [2.75, 3.05) is 125 Å². The highest BCUT2D eigenvalue weighted by Gasteiger charge is 2.01. The van der Waals surface area contributed by atoms with Crippen LogP contribution in [-0.2, 0) is 47.4 Å². The van der Waals surface area contributed by atoms with Gasteiger partial charge in [-0.25, -0.2) is 0 Å². The molecule has 0 heterocycles. The van der Waals surface area contributed by atoms with Crippen molar-refractivity contribution in [2.45, 2.75) is 13.3 Å². The summed E-state index contributed by atoms with van der Waals surface area (Å²) in [5.74, 6) is 0.416. The zero-order valence-corrected chi connectivity index (χ0v) is 23.3. The second-order valence-electron chi connectivity index (χ2n) is 7.84. The molecule has 0 atom stereocenters. The number of rotatable bonds is 29. The first-order chi connectivity index (χ1) is 19.2. The van der Waals surface area contributed by atoms with Gasteiger partial charge in [-0.05, 0) is 19.1 Å². The first-order valence-corrected chi connectivity index (χ1v) is 13.5. The fraction of sp³-hybridized carbons (Fsp3) is 0.741. The molecular weight excluding hydrogens is 514 g/mol. The van der Waals surface area contributed by atoms with Crippen molar-refractivity contribution < 1.29 is 52.2 Å². The molecule has 1 aromatic rings. The van der Waals surface area contributed by atoms with Gasteiger partial charge in [-0.1, -0.05) is 12.1 Å². The number of anilines is 1. The zero-order chi connectivity index (χ0) is 28.1. The van der Waals surface area contributed by atoms with E-state index < -0.39 is 0 Å². The molecule has 1 aromatic carbocycles. The average molecular weight is 562 g/mol. The Morgan fingerprint density at radius 1 is 0.564 bits per heavy atom. The summed E-state index contributed by atoms with van der Waals surface area (Å²) >= 11 is 0. The fourth-order valence-electron chi connectivity index (χ4n) is 2.85. The number of benzene rings is 1. The quantitative estimate of drug-likeness (QED) is 0.0867. The first kappa shape index (κ1) is 35.0. The van der Waals surface area contributed by atoms with E-state index in [9.17, 15) is 4.79 Å². The van der Waals surface area contributed by atoms with Crippen molar-refractivity contribution in [3.8, 4) is 5.75 Å². The van der Waals surface area contributed by atoms with Gasteiger partial charge in [0.1, 0.15) is 12.4 Å². The molecule has 0 bridgehead atoms. The molecule has 12 nitrogen and oxygen atoms in total. The van der Waals surface area contributed by atoms with Gasteiger partial charge in [0.15, 0.2) is 0 Å². The minimum absolute atomic E-state index is 0.250. The molecule has 39 heavy (non-hydrogen) atoms. The van der Waals surface area contributed by atoms with Crippen molar-refractivity contribution in [1.82, 2.24) is 0 Å². The Kier molecular flexibility index (Phi) is 24.7. The third-order valence-corrected chi connectivity index (χ3v) is 4.76. The van der Waals surface area contributed by atoms with Crippen LogP contribution in [0, 0.1) is 0 Å². The van der Waals surface area contributed by atoms with Gasteiger partial charge in [0, 0.05) is 0 Å². The van der Waals surface area contributed by atoms with Gasteiger partial charge < -0.3 is 53.1 Å². The predicted molar refractivity (Wildman–Crippen MR) is 144 cm³/mol. The van der Waals surface area contributed by atoms with Gasteiger partial charge in [-0.3, -0.25) is 4.79 Å². The average Bonchev–Trinajstić information content (AvgIpc) is 2.93. The van der Waals surface area contributed by atoms with Gasteiger partial charge in [0.25, 0.3) is 0 Å². The van der Waals surface area contributed by atoms with E-state index in [1.807, 2.05) is 18.2 Å². The number of esters is 1. The van der Waals surface area contributed by atoms with Crippen LogP contribution in [0.25, 0.3) is 0 Å². The minimum atomic E-state index is -0.250. The van der Waals surface area contributed by atoms with Crippen LogP contribution in [0.15, 0.2) is 24.3 Å². The fourth-order valence-corrected chi connectivity index (χ4v) is 2.85. The van der Waals surface area contributed by atoms with Gasteiger partial charge in [0.05, 0.1) is 124 Å². The zero-order valence-electron chi connectivity index (χ0n) is 23.3. The van der Waals surface area contributed by atoms with Crippen LogP contribution in [-0.4, -0.2) is 125 Å². The molecule has 0 aliphatic heterocycles. The lowest BCUT2D eigenvalue weighted by molar-refractivity contribution is -0.144. The Hall–Kier alpha value is -2.03. The van der Waals surface area contributed by atoms with E-state index in [0.717, 1.165) is 0 Å². The van der Waals surface area contributed by atoms with Crippen LogP contribution in [0.2, 0.25) is 0 Å². The molecule has 0 radical (unpaired) electrons. The maximum absolute atomic E-state index is 11.1. The maximum Gasteiger partial charge on any atom is 0.308 e. The Morgan fingerprint density at radius 3 is 1.31 bits per heavy atom. The van der Waals surface area contributed by atoms with Crippen LogP contribution in [0.4, 0.5) is 5.69 Å². The van der Waals surface area contributed by atoms with Gasteiger partial charge in [-0.2, -0.15) is 0 Å². The van der Waals surface area contributed by atoms with E-state index in [2.05, 4.69) is 0 Å². The van der Waals surface area contributed by atoms with Gasteiger partial charge in [0.2, 0.25) is 0 Å². The normalized spacial score (nSPS) is 11.1. The predicted octanol–water partition coefficient (Wildman–Crippen LogP) is 1.73. The number of carbonyl (C=O) groups is 1. The number of hydrogen-bond acceptors (Lipinski definition) is 12. The van der Waals surface area contributed by atoms with Crippen molar-refractivity contribution in [2.24, 2.45) is 0 Å². The highest BCUT2D eigenvalue weighted by Crippen LogP contribution is 2.19. The molecule has 0 aromatic heterocycles. The van der Waals surface area contributed by atoms with E-state index in [1.165, 1.54) is 0 Å². The summed E-state index contributed by atoms with van der Waals surface area (Å²) in [6, 6.07) is 7.37. The van der Waals surface area contributed by atoms with Crippen molar-refractivity contribution in [3.63, 3.8) is 0 Å². The lowest BCUT2D eigenvalue weighted by atomic mass is 10.3. The number of carbonyl (C=O) groups excluding carboxylic acids is 1. The Labute approximate surface area is 232 Å². The van der Waals surface area contributed by atoms with Gasteiger partial charge in [-0.15, -0.1) is 0 Å². The summed E-state index contributed by atoms with van der Waals surface area (Å²) < 4.78 is 53.7. The van der Waals surface area contributed by atoms with Crippen LogP contribution in [0.5, 0.6) is 5.75 Å². The molecule has 12 heteroatoms. The number of nitrogen functional groups attached to an aromatic ring is 1. The Morgan fingerprint density at radius 2 is 0.923 bits per heavy atom. The highest BCUT2D eigenvalue weighted by molar-refractivity contribution is 5.69. The second kappa shape index (κ2) is 27.5. The monoisotopic (exact) mass is 561 g/mol. The molecular formula is C27H47NO11. The van der Waals surface area contributed by atoms with Crippen molar-refractivity contribution in [1.29, 1.82) is 0 Å². The topological polar surface area (TPSA) is 135 Å². The number of hydrogen-bond donors (Lipinski definition) is 1. The number of ether oxygens (including phenoxy) is 10.